The van der Waals surface area contributed by atoms with Crippen molar-refractivity contribution in [2.45, 2.75) is 33.1 Å². The van der Waals surface area contributed by atoms with Crippen molar-refractivity contribution >= 4 is 16.9 Å². The molecule has 1 aromatic carbocycles. The summed E-state index contributed by atoms with van der Waals surface area (Å²) in [5.41, 5.74) is 2.62. The van der Waals surface area contributed by atoms with Crippen molar-refractivity contribution in [3.8, 4) is 17.0 Å². The molecule has 130 valence electrons. The maximum atomic E-state index is 11.9. The van der Waals surface area contributed by atoms with E-state index in [0.29, 0.717) is 16.7 Å². The first-order valence-corrected chi connectivity index (χ1v) is 8.08. The smallest absolute Gasteiger partial charge is 0.360 e. The van der Waals surface area contributed by atoms with E-state index >= 15 is 0 Å². The first-order chi connectivity index (χ1) is 11.8. The third-order valence-electron chi connectivity index (χ3n) is 3.98. The van der Waals surface area contributed by atoms with Gasteiger partial charge >= 0.3 is 5.97 Å². The van der Waals surface area contributed by atoms with E-state index in [4.69, 9.17) is 9.26 Å². The lowest BCUT2D eigenvalue weighted by Gasteiger charge is -2.18. The summed E-state index contributed by atoms with van der Waals surface area (Å²) in [7, 11) is 0. The fourth-order valence-corrected chi connectivity index (χ4v) is 2.60. The van der Waals surface area contributed by atoms with E-state index in [9.17, 15) is 9.90 Å². The number of pyridine rings is 1. The number of benzene rings is 1. The van der Waals surface area contributed by atoms with E-state index in [1.165, 1.54) is 11.8 Å². The maximum absolute atomic E-state index is 11.9. The fourth-order valence-electron chi connectivity index (χ4n) is 2.60. The highest BCUT2D eigenvalue weighted by Crippen LogP contribution is 2.36. The van der Waals surface area contributed by atoms with Gasteiger partial charge in [0.1, 0.15) is 5.69 Å². The van der Waals surface area contributed by atoms with Crippen molar-refractivity contribution in [3.05, 3.63) is 41.7 Å². The number of aromatic hydroxyl groups is 1. The van der Waals surface area contributed by atoms with Gasteiger partial charge in [0, 0.05) is 5.56 Å². The topological polar surface area (TPSA) is 85.5 Å². The molecule has 0 spiro atoms. The predicted octanol–water partition coefficient (Wildman–Crippen LogP) is 4.07. The molecule has 0 aliphatic heterocycles. The molecule has 0 bridgehead atoms. The maximum Gasteiger partial charge on any atom is 0.360 e. The zero-order chi connectivity index (χ0) is 18.2. The number of aromatic nitrogens is 2. The second-order valence-electron chi connectivity index (χ2n) is 6.77. The van der Waals surface area contributed by atoms with Crippen molar-refractivity contribution in [1.29, 1.82) is 0 Å². The van der Waals surface area contributed by atoms with Gasteiger partial charge in [-0.1, -0.05) is 50.2 Å². The molecule has 3 rings (SSSR count). The van der Waals surface area contributed by atoms with Crippen LogP contribution in [0.3, 0.4) is 0 Å². The van der Waals surface area contributed by atoms with Gasteiger partial charge in [0.2, 0.25) is 0 Å². The molecule has 0 unspecified atom stereocenters. The van der Waals surface area contributed by atoms with Gasteiger partial charge in [0.25, 0.3) is 0 Å². The number of hydrogen-bond acceptors (Lipinski definition) is 6. The largest absolute Gasteiger partial charge is 0.505 e. The van der Waals surface area contributed by atoms with Crippen LogP contribution in [0, 0.1) is 0 Å². The second-order valence-corrected chi connectivity index (χ2v) is 6.77. The van der Waals surface area contributed by atoms with E-state index in [2.05, 4.69) is 30.9 Å². The van der Waals surface area contributed by atoms with E-state index in [1.54, 1.807) is 6.92 Å². The molecule has 0 amide bonds. The van der Waals surface area contributed by atoms with Gasteiger partial charge in [-0.2, -0.15) is 0 Å². The Hall–Kier alpha value is -2.89. The molecule has 0 aliphatic carbocycles. The van der Waals surface area contributed by atoms with Crippen LogP contribution < -0.4 is 0 Å². The highest BCUT2D eigenvalue weighted by molar-refractivity contribution is 6.02. The van der Waals surface area contributed by atoms with Gasteiger partial charge in [-0.05, 0) is 17.9 Å². The number of ether oxygens (including phenoxy) is 1. The Morgan fingerprint density at radius 1 is 1.24 bits per heavy atom. The van der Waals surface area contributed by atoms with Crippen LogP contribution in [0.15, 0.2) is 35.0 Å². The SMILES string of the molecule is CCOC(=O)c1ncc2onc(-c3ccc(C(C)(C)C)cc3)c2c1O. The molecule has 3 aromatic rings. The van der Waals surface area contributed by atoms with Gasteiger partial charge in [-0.15, -0.1) is 0 Å². The zero-order valence-corrected chi connectivity index (χ0v) is 14.7. The van der Waals surface area contributed by atoms with E-state index in [-0.39, 0.29) is 23.5 Å². The monoisotopic (exact) mass is 340 g/mol. The lowest BCUT2D eigenvalue weighted by Crippen LogP contribution is -2.10. The number of nitrogens with zero attached hydrogens (tertiary/aromatic N) is 2. The molecular weight excluding hydrogens is 320 g/mol. The number of carbonyl (C=O) groups excluding carboxylic acids is 1. The van der Waals surface area contributed by atoms with E-state index in [0.717, 1.165) is 5.56 Å². The van der Waals surface area contributed by atoms with Crippen molar-refractivity contribution in [2.75, 3.05) is 6.61 Å². The van der Waals surface area contributed by atoms with Crippen LogP contribution in [-0.2, 0) is 10.2 Å². The third kappa shape index (κ3) is 3.07. The van der Waals surface area contributed by atoms with Crippen molar-refractivity contribution < 1.29 is 19.2 Å². The van der Waals surface area contributed by atoms with Crippen LogP contribution >= 0.6 is 0 Å². The first kappa shape index (κ1) is 17.0. The molecule has 0 atom stereocenters. The average molecular weight is 340 g/mol. The Kier molecular flexibility index (Phi) is 4.20. The van der Waals surface area contributed by atoms with Crippen molar-refractivity contribution in [3.63, 3.8) is 0 Å². The minimum atomic E-state index is -0.683. The van der Waals surface area contributed by atoms with Gasteiger partial charge in [0.05, 0.1) is 18.2 Å². The summed E-state index contributed by atoms with van der Waals surface area (Å²) >= 11 is 0. The molecule has 0 saturated carbocycles. The minimum absolute atomic E-state index is 0.0353. The highest BCUT2D eigenvalue weighted by Gasteiger charge is 2.23. The molecule has 0 radical (unpaired) electrons. The number of hydrogen-bond donors (Lipinski definition) is 1. The number of rotatable bonds is 3. The van der Waals surface area contributed by atoms with Gasteiger partial charge in [-0.3, -0.25) is 0 Å². The molecule has 6 heteroatoms. The normalized spacial score (nSPS) is 11.7. The zero-order valence-electron chi connectivity index (χ0n) is 14.7. The molecule has 0 aliphatic rings. The molecule has 1 N–H and O–H groups in total. The summed E-state index contributed by atoms with van der Waals surface area (Å²) in [6.07, 6.45) is 1.36. The van der Waals surface area contributed by atoms with Gasteiger partial charge in [-0.25, -0.2) is 9.78 Å². The highest BCUT2D eigenvalue weighted by atomic mass is 16.5. The standard InChI is InChI=1S/C19H20N2O4/c1-5-24-18(23)16-17(22)14-13(10-20-16)25-21-15(14)11-6-8-12(9-7-11)19(2,3)4/h6-10,22H,5H2,1-4H3. The summed E-state index contributed by atoms with van der Waals surface area (Å²) in [5, 5.41) is 14.9. The number of carbonyl (C=O) groups is 1. The van der Waals surface area contributed by atoms with Crippen LogP contribution in [0.2, 0.25) is 0 Å². The molecular formula is C19H20N2O4. The molecule has 2 aromatic heterocycles. The summed E-state index contributed by atoms with van der Waals surface area (Å²) in [5.74, 6) is -0.968. The van der Waals surface area contributed by atoms with Crippen LogP contribution in [0.25, 0.3) is 22.2 Å². The fraction of sp³-hybridized carbons (Fsp3) is 0.316. The lowest BCUT2D eigenvalue weighted by molar-refractivity contribution is 0.0516. The predicted molar refractivity (Wildman–Crippen MR) is 93.6 cm³/mol. The minimum Gasteiger partial charge on any atom is -0.505 e. The number of esters is 1. The van der Waals surface area contributed by atoms with Crippen LogP contribution in [0.5, 0.6) is 5.75 Å². The summed E-state index contributed by atoms with van der Waals surface area (Å²) in [6, 6.07) is 7.87. The summed E-state index contributed by atoms with van der Waals surface area (Å²) in [6.45, 7) is 8.29. The molecule has 0 fully saturated rings. The number of fused-ring (bicyclic) bond motifs is 1. The Labute approximate surface area is 145 Å². The first-order valence-electron chi connectivity index (χ1n) is 8.08. The van der Waals surface area contributed by atoms with Gasteiger partial charge in [0.15, 0.2) is 17.0 Å². The Morgan fingerprint density at radius 3 is 2.52 bits per heavy atom. The van der Waals surface area contributed by atoms with Crippen molar-refractivity contribution in [2.24, 2.45) is 0 Å². The van der Waals surface area contributed by atoms with Gasteiger partial charge < -0.3 is 14.4 Å². The summed E-state index contributed by atoms with van der Waals surface area (Å²) < 4.78 is 10.2. The Balaban J connectivity index is 2.11. The lowest BCUT2D eigenvalue weighted by atomic mass is 9.86. The van der Waals surface area contributed by atoms with Crippen LogP contribution in [0.1, 0.15) is 43.7 Å². The van der Waals surface area contributed by atoms with Crippen molar-refractivity contribution in [1.82, 2.24) is 10.1 Å². The molecule has 25 heavy (non-hydrogen) atoms. The Bertz CT molecular complexity index is 921. The molecule has 0 saturated heterocycles. The van der Waals surface area contributed by atoms with E-state index < -0.39 is 5.97 Å². The quantitative estimate of drug-likeness (QED) is 0.723. The van der Waals surface area contributed by atoms with E-state index in [1.807, 2.05) is 24.3 Å². The Morgan fingerprint density at radius 2 is 1.92 bits per heavy atom. The molecule has 2 heterocycles. The van der Waals surface area contributed by atoms with Crippen LogP contribution in [0.4, 0.5) is 0 Å². The third-order valence-corrected chi connectivity index (χ3v) is 3.98. The molecule has 6 nitrogen and oxygen atoms in total. The average Bonchev–Trinajstić information content (AvgIpc) is 2.99. The van der Waals surface area contributed by atoms with Crippen LogP contribution in [-0.4, -0.2) is 27.8 Å². The second kappa shape index (κ2) is 6.20. The summed E-state index contributed by atoms with van der Waals surface area (Å²) in [4.78, 5) is 15.9.